The molecule has 50 heavy (non-hydrogen) atoms. The smallest absolute Gasteiger partial charge is 0.280 e. The molecule has 258 valence electrons. The Labute approximate surface area is 295 Å². The molecule has 0 aliphatic carbocycles. The average Bonchev–Trinajstić information content (AvgIpc) is 3.45. The Morgan fingerprint density at radius 1 is 0.980 bits per heavy atom. The second-order valence-electron chi connectivity index (χ2n) is 13.1. The molecule has 2 saturated heterocycles. The van der Waals surface area contributed by atoms with Crippen molar-refractivity contribution in [3.63, 3.8) is 0 Å². The van der Waals surface area contributed by atoms with Crippen molar-refractivity contribution in [2.24, 2.45) is 7.05 Å². The number of nitrogens with one attached hydrogen (secondary N) is 1. The Hall–Kier alpha value is -4.95. The van der Waals surface area contributed by atoms with E-state index in [2.05, 4.69) is 32.0 Å². The number of pyridine rings is 3. The largest absolute Gasteiger partial charge is 0.392 e. The van der Waals surface area contributed by atoms with Crippen LogP contribution in [-0.4, -0.2) is 78.4 Å². The monoisotopic (exact) mass is 692 g/mol. The van der Waals surface area contributed by atoms with Gasteiger partial charge in [0.05, 0.1) is 43.3 Å². The van der Waals surface area contributed by atoms with E-state index in [9.17, 15) is 14.7 Å². The number of rotatable bonds is 7. The Balaban J connectivity index is 0.00000392. The number of piperazine rings is 1. The number of hydrogen-bond donors (Lipinski definition) is 2. The molecule has 2 aliphatic heterocycles. The molecular formula is C37H40N8O4S. The first kappa shape index (κ1) is 33.5. The zero-order valence-electron chi connectivity index (χ0n) is 28.2. The molecule has 0 amide bonds. The summed E-state index contributed by atoms with van der Waals surface area (Å²) < 4.78 is 10.2. The molecule has 13 heteroatoms. The van der Waals surface area contributed by atoms with Crippen LogP contribution in [0.1, 0.15) is 18.1 Å². The normalized spacial score (nSPS) is 16.8. The van der Waals surface area contributed by atoms with Gasteiger partial charge in [-0.1, -0.05) is 11.6 Å². The van der Waals surface area contributed by atoms with Crippen molar-refractivity contribution in [2.75, 3.05) is 43.1 Å². The van der Waals surface area contributed by atoms with Gasteiger partial charge in [0, 0.05) is 74.0 Å². The van der Waals surface area contributed by atoms with E-state index in [-0.39, 0.29) is 31.2 Å². The maximum Gasteiger partial charge on any atom is 0.280 e. The Morgan fingerprint density at radius 3 is 2.54 bits per heavy atom. The minimum Gasteiger partial charge on any atom is -0.392 e. The summed E-state index contributed by atoms with van der Waals surface area (Å²) in [5.74, 6) is 0.869. The lowest BCUT2D eigenvalue weighted by atomic mass is 10.0. The van der Waals surface area contributed by atoms with E-state index < -0.39 is 0 Å². The van der Waals surface area contributed by atoms with E-state index in [0.717, 1.165) is 55.0 Å². The number of anilines is 3. The van der Waals surface area contributed by atoms with Gasteiger partial charge in [-0.25, -0.2) is 9.97 Å². The molecule has 0 unspecified atom stereocenters. The van der Waals surface area contributed by atoms with Gasteiger partial charge in [-0.05, 0) is 61.9 Å². The van der Waals surface area contributed by atoms with Crippen LogP contribution in [0.25, 0.3) is 33.4 Å². The summed E-state index contributed by atoms with van der Waals surface area (Å²) in [4.78, 5) is 41.1. The van der Waals surface area contributed by atoms with E-state index in [0.29, 0.717) is 51.6 Å². The van der Waals surface area contributed by atoms with E-state index in [1.54, 1.807) is 37.8 Å². The quantitative estimate of drug-likeness (QED) is 0.256. The van der Waals surface area contributed by atoms with Crippen LogP contribution in [-0.2, 0) is 18.4 Å². The first-order valence-corrected chi connectivity index (χ1v) is 16.5. The third kappa shape index (κ3) is 5.85. The highest BCUT2D eigenvalue weighted by molar-refractivity contribution is 7.59. The van der Waals surface area contributed by atoms with Gasteiger partial charge < -0.3 is 29.0 Å². The zero-order valence-corrected chi connectivity index (χ0v) is 29.2. The molecule has 8 rings (SSSR count). The fourth-order valence-corrected chi connectivity index (χ4v) is 7.14. The number of aliphatic hydroxyl groups is 1. The summed E-state index contributed by atoms with van der Waals surface area (Å²) in [7, 11) is 1.68. The van der Waals surface area contributed by atoms with Crippen LogP contribution < -0.4 is 21.3 Å². The fourth-order valence-electron chi connectivity index (χ4n) is 7.14. The maximum absolute atomic E-state index is 13.8. The summed E-state index contributed by atoms with van der Waals surface area (Å²) in [6, 6.07) is 16.3. The van der Waals surface area contributed by atoms with Gasteiger partial charge in [0.25, 0.3) is 11.1 Å². The zero-order chi connectivity index (χ0) is 33.8. The number of ether oxygens (including phenoxy) is 1. The standard InChI is InChI=1S/C37H38N8O4.H2S/c1-23-4-6-32-25(14-23)16-33-37(48)45(13-12-44(32)33)35-30(20-46)29(8-9-38-35)26-15-31(36(47)41(3)19-26)40-34-7-5-27(17-39-34)43-11-10-42(18-24(43)2)28-21-49-22-28;/h4-9,12-17,19,24,28,46H,10-11,18,20-22H2,1-3H3,(H,39,40);1H2/t24-;/m0./s1. The lowest BCUT2D eigenvalue weighted by Crippen LogP contribution is -2.59. The third-order valence-corrected chi connectivity index (χ3v) is 9.85. The highest BCUT2D eigenvalue weighted by Crippen LogP contribution is 2.30. The van der Waals surface area contributed by atoms with Crippen molar-refractivity contribution in [2.45, 2.75) is 32.5 Å². The van der Waals surface area contributed by atoms with E-state index in [1.807, 2.05) is 60.1 Å². The first-order chi connectivity index (χ1) is 23.8. The van der Waals surface area contributed by atoms with Crippen LogP contribution >= 0.6 is 13.5 Å². The van der Waals surface area contributed by atoms with Gasteiger partial charge in [0.1, 0.15) is 22.8 Å². The number of fused-ring (bicyclic) bond motifs is 3. The van der Waals surface area contributed by atoms with Crippen molar-refractivity contribution >= 4 is 47.1 Å². The number of aryl methyl sites for hydroxylation is 2. The predicted molar refractivity (Wildman–Crippen MR) is 201 cm³/mol. The number of nitrogens with zero attached hydrogens (tertiary/aromatic N) is 7. The molecule has 7 heterocycles. The molecule has 0 spiro atoms. The van der Waals surface area contributed by atoms with Gasteiger partial charge in [0.15, 0.2) is 0 Å². The molecule has 12 nitrogen and oxygen atoms in total. The highest BCUT2D eigenvalue weighted by Gasteiger charge is 2.32. The van der Waals surface area contributed by atoms with Crippen LogP contribution in [0.15, 0.2) is 89.1 Å². The number of benzene rings is 1. The van der Waals surface area contributed by atoms with Gasteiger partial charge in [-0.2, -0.15) is 13.5 Å². The molecular weight excluding hydrogens is 653 g/mol. The second kappa shape index (κ2) is 13.4. The summed E-state index contributed by atoms with van der Waals surface area (Å²) in [6.45, 7) is 8.41. The van der Waals surface area contributed by atoms with E-state index in [1.165, 1.54) is 9.13 Å². The molecule has 6 aromatic rings. The van der Waals surface area contributed by atoms with Gasteiger partial charge in [0.2, 0.25) is 0 Å². The summed E-state index contributed by atoms with van der Waals surface area (Å²) >= 11 is 0. The minimum absolute atomic E-state index is 0. The van der Waals surface area contributed by atoms with E-state index >= 15 is 0 Å². The summed E-state index contributed by atoms with van der Waals surface area (Å²) in [6.07, 6.45) is 8.68. The van der Waals surface area contributed by atoms with Crippen molar-refractivity contribution in [1.82, 2.24) is 28.4 Å². The molecule has 2 fully saturated rings. The average molecular weight is 693 g/mol. The maximum atomic E-state index is 13.8. The topological polar surface area (TPSA) is 122 Å². The third-order valence-electron chi connectivity index (χ3n) is 9.85. The second-order valence-corrected chi connectivity index (χ2v) is 13.1. The molecule has 0 bridgehead atoms. The molecule has 2 N–H and O–H groups in total. The molecule has 5 aromatic heterocycles. The fraction of sp³-hybridized carbons (Fsp3) is 0.297. The van der Waals surface area contributed by atoms with Gasteiger partial charge in [-0.15, -0.1) is 0 Å². The Morgan fingerprint density at radius 2 is 1.82 bits per heavy atom. The van der Waals surface area contributed by atoms with Crippen LogP contribution in [0.3, 0.4) is 0 Å². The molecule has 0 radical (unpaired) electrons. The lowest BCUT2D eigenvalue weighted by molar-refractivity contribution is -0.0691. The van der Waals surface area contributed by atoms with Crippen molar-refractivity contribution in [1.29, 1.82) is 0 Å². The molecule has 1 aromatic carbocycles. The van der Waals surface area contributed by atoms with Crippen LogP contribution in [0.5, 0.6) is 0 Å². The summed E-state index contributed by atoms with van der Waals surface area (Å²) in [5.41, 5.74) is 5.25. The minimum atomic E-state index is -0.367. The molecule has 1 atom stereocenters. The van der Waals surface area contributed by atoms with E-state index in [4.69, 9.17) is 4.74 Å². The Kier molecular flexibility index (Phi) is 8.99. The van der Waals surface area contributed by atoms with Crippen LogP contribution in [0.2, 0.25) is 0 Å². The van der Waals surface area contributed by atoms with Crippen molar-refractivity contribution in [3.05, 3.63) is 111 Å². The lowest BCUT2D eigenvalue weighted by Gasteiger charge is -2.46. The summed E-state index contributed by atoms with van der Waals surface area (Å²) in [5, 5.41) is 14.8. The number of aromatic nitrogens is 5. The van der Waals surface area contributed by atoms with Crippen molar-refractivity contribution in [3.8, 4) is 16.9 Å². The van der Waals surface area contributed by atoms with Gasteiger partial charge >= 0.3 is 0 Å². The predicted octanol–water partition coefficient (Wildman–Crippen LogP) is 3.97. The van der Waals surface area contributed by atoms with Gasteiger partial charge in [-0.3, -0.25) is 19.1 Å². The van der Waals surface area contributed by atoms with Crippen molar-refractivity contribution < 1.29 is 9.84 Å². The van der Waals surface area contributed by atoms with Crippen LogP contribution in [0.4, 0.5) is 17.2 Å². The Bertz CT molecular complexity index is 2330. The molecule has 2 aliphatic rings. The molecule has 0 saturated carbocycles. The number of aliphatic hydroxyl groups excluding tert-OH is 1. The van der Waals surface area contributed by atoms with Crippen LogP contribution in [0, 0.1) is 6.92 Å². The highest BCUT2D eigenvalue weighted by atomic mass is 32.1. The number of hydrogen-bond acceptors (Lipinski definition) is 9. The SMILES string of the molecule is Cc1ccc2c(c1)cc1c(=O)n(-c3nccc(-c4cc(Nc5ccc(N6CCN(C7COC7)C[C@@H]6C)cn5)c(=O)n(C)c4)c3CO)ccn12.S. The first-order valence-electron chi connectivity index (χ1n) is 16.5.